The van der Waals surface area contributed by atoms with E-state index in [2.05, 4.69) is 33.0 Å². The van der Waals surface area contributed by atoms with Gasteiger partial charge in [0.15, 0.2) is 11.6 Å². The summed E-state index contributed by atoms with van der Waals surface area (Å²) < 4.78 is 14.2. The number of H-pyrrole nitrogens is 1. The Labute approximate surface area is 200 Å². The number of nitrogens with one attached hydrogen (secondary N) is 4. The number of hydrogen-bond acceptors (Lipinski definition) is 6. The number of phenols is 1. The molecule has 4 unspecified atom stereocenters. The second kappa shape index (κ2) is 9.22. The number of rotatable bonds is 4. The van der Waals surface area contributed by atoms with Crippen LogP contribution < -0.4 is 16.2 Å². The smallest absolute Gasteiger partial charge is 0.165 e. The molecule has 0 spiro atoms. The van der Waals surface area contributed by atoms with Crippen molar-refractivity contribution in [1.29, 1.82) is 0 Å². The number of aromatic amines is 1. The molecule has 8 heteroatoms. The number of imidazole rings is 1. The van der Waals surface area contributed by atoms with E-state index in [9.17, 15) is 9.50 Å². The summed E-state index contributed by atoms with van der Waals surface area (Å²) in [5.41, 5.74) is 11.7. The lowest BCUT2D eigenvalue weighted by atomic mass is 9.73. The van der Waals surface area contributed by atoms with Crippen LogP contribution in [0.15, 0.2) is 12.1 Å². The number of phenolic OH excluding ortho intramolecular Hbond substituents is 1. The van der Waals surface area contributed by atoms with E-state index in [1.165, 1.54) is 24.2 Å². The van der Waals surface area contributed by atoms with E-state index in [4.69, 9.17) is 4.98 Å². The quantitative estimate of drug-likeness (QED) is 0.474. The summed E-state index contributed by atoms with van der Waals surface area (Å²) in [5.74, 6) is 1.10. The van der Waals surface area contributed by atoms with Crippen LogP contribution in [0.2, 0.25) is 0 Å². The summed E-state index contributed by atoms with van der Waals surface area (Å²) >= 11 is 0. The van der Waals surface area contributed by atoms with E-state index in [1.807, 2.05) is 0 Å². The molecule has 34 heavy (non-hydrogen) atoms. The van der Waals surface area contributed by atoms with E-state index < -0.39 is 5.82 Å². The molecule has 1 aromatic carbocycles. The average Bonchev–Trinajstić information content (AvgIpc) is 3.48. The first-order valence-corrected chi connectivity index (χ1v) is 13.2. The monoisotopic (exact) mass is 468 g/mol. The number of aromatic hydroxyl groups is 1. The molecule has 3 fully saturated rings. The number of piperidine rings is 1. The van der Waals surface area contributed by atoms with Gasteiger partial charge in [0.25, 0.3) is 0 Å². The number of halogens is 1. The maximum atomic E-state index is 14.2. The standard InChI is InChI=1S/C26H37FN6O/c1-2-15-12-24(34)20(27)13-19(15)16-3-4-18-22(11-16)31-32-25(18)26-29-21-7-10-33(14-23(21)30-26)17-5-8-28-9-6-17/h12-13,16-18,22,25,28,31-32,34H,2-11,14H2,1H3,(H,29,30). The Morgan fingerprint density at radius 3 is 2.82 bits per heavy atom. The summed E-state index contributed by atoms with van der Waals surface area (Å²) in [7, 11) is 0. The highest BCUT2D eigenvalue weighted by Crippen LogP contribution is 2.44. The molecule has 5 N–H and O–H groups in total. The zero-order valence-electron chi connectivity index (χ0n) is 20.0. The van der Waals surface area contributed by atoms with Crippen LogP contribution >= 0.6 is 0 Å². The third-order valence-electron chi connectivity index (χ3n) is 8.78. The molecular weight excluding hydrogens is 431 g/mol. The molecule has 6 rings (SSSR count). The Morgan fingerprint density at radius 2 is 2.00 bits per heavy atom. The van der Waals surface area contributed by atoms with Gasteiger partial charge in [0, 0.05) is 31.6 Å². The molecule has 7 nitrogen and oxygen atoms in total. The van der Waals surface area contributed by atoms with Crippen molar-refractivity contribution < 1.29 is 9.50 Å². The molecule has 3 aliphatic heterocycles. The molecule has 2 aromatic rings. The first kappa shape index (κ1) is 22.5. The van der Waals surface area contributed by atoms with Crippen molar-refractivity contribution in [2.45, 2.75) is 82.5 Å². The first-order chi connectivity index (χ1) is 16.6. The third kappa shape index (κ3) is 4.04. The lowest BCUT2D eigenvalue weighted by molar-refractivity contribution is 0.145. The molecule has 4 heterocycles. The van der Waals surface area contributed by atoms with Crippen LogP contribution in [0.4, 0.5) is 4.39 Å². The molecule has 1 aliphatic carbocycles. The number of nitrogens with zero attached hydrogens (tertiary/aromatic N) is 2. The molecule has 4 aliphatic rings. The van der Waals surface area contributed by atoms with Gasteiger partial charge in [0.05, 0.1) is 17.4 Å². The van der Waals surface area contributed by atoms with Crippen molar-refractivity contribution in [2.75, 3.05) is 19.6 Å². The third-order valence-corrected chi connectivity index (χ3v) is 8.78. The average molecular weight is 469 g/mol. The zero-order valence-corrected chi connectivity index (χ0v) is 20.0. The molecule has 1 saturated carbocycles. The highest BCUT2D eigenvalue weighted by Gasteiger charge is 2.43. The fourth-order valence-electron chi connectivity index (χ4n) is 6.89. The molecular formula is C26H37FN6O. The van der Waals surface area contributed by atoms with Gasteiger partial charge >= 0.3 is 0 Å². The zero-order chi connectivity index (χ0) is 23.2. The van der Waals surface area contributed by atoms with Crippen LogP contribution in [-0.2, 0) is 19.4 Å². The van der Waals surface area contributed by atoms with Crippen LogP contribution in [0.25, 0.3) is 0 Å². The van der Waals surface area contributed by atoms with E-state index in [0.717, 1.165) is 75.2 Å². The SMILES string of the molecule is CCc1cc(O)c(F)cc1C1CCC2C(C1)NNC2c1nc2c([nH]1)CN(C1CCNCC1)CC2. The Kier molecular flexibility index (Phi) is 6.09. The fraction of sp³-hybridized carbons (Fsp3) is 0.654. The van der Waals surface area contributed by atoms with Crippen LogP contribution in [0.5, 0.6) is 5.75 Å². The van der Waals surface area contributed by atoms with Gasteiger partial charge in [-0.2, -0.15) is 0 Å². The van der Waals surface area contributed by atoms with Crippen LogP contribution in [0.1, 0.15) is 79.3 Å². The summed E-state index contributed by atoms with van der Waals surface area (Å²) in [4.78, 5) is 11.4. The van der Waals surface area contributed by atoms with Gasteiger partial charge in [-0.3, -0.25) is 10.3 Å². The van der Waals surface area contributed by atoms with Crippen molar-refractivity contribution in [3.63, 3.8) is 0 Å². The molecule has 2 saturated heterocycles. The van der Waals surface area contributed by atoms with Gasteiger partial charge in [0.1, 0.15) is 5.82 Å². The number of aromatic nitrogens is 2. The van der Waals surface area contributed by atoms with Crippen molar-refractivity contribution in [1.82, 2.24) is 31.0 Å². The molecule has 4 atom stereocenters. The van der Waals surface area contributed by atoms with Gasteiger partial charge in [0.2, 0.25) is 0 Å². The van der Waals surface area contributed by atoms with Gasteiger partial charge < -0.3 is 15.4 Å². The van der Waals surface area contributed by atoms with Gasteiger partial charge in [-0.1, -0.05) is 6.92 Å². The van der Waals surface area contributed by atoms with E-state index >= 15 is 0 Å². The second-order valence-corrected chi connectivity index (χ2v) is 10.7. The lowest BCUT2D eigenvalue weighted by Gasteiger charge is -2.36. The van der Waals surface area contributed by atoms with Gasteiger partial charge in [-0.25, -0.2) is 14.8 Å². The highest BCUT2D eigenvalue weighted by atomic mass is 19.1. The minimum atomic E-state index is -0.510. The second-order valence-electron chi connectivity index (χ2n) is 10.7. The van der Waals surface area contributed by atoms with Crippen LogP contribution in [-0.4, -0.2) is 51.7 Å². The Balaban J connectivity index is 1.15. The minimum absolute atomic E-state index is 0.186. The van der Waals surface area contributed by atoms with Crippen molar-refractivity contribution >= 4 is 0 Å². The van der Waals surface area contributed by atoms with E-state index in [0.29, 0.717) is 23.9 Å². The van der Waals surface area contributed by atoms with Gasteiger partial charge in [-0.15, -0.1) is 0 Å². The minimum Gasteiger partial charge on any atom is -0.505 e. The largest absolute Gasteiger partial charge is 0.505 e. The molecule has 1 aromatic heterocycles. The first-order valence-electron chi connectivity index (χ1n) is 13.2. The summed E-state index contributed by atoms with van der Waals surface area (Å²) in [6.07, 6.45) is 7.36. The maximum absolute atomic E-state index is 14.2. The number of fused-ring (bicyclic) bond motifs is 2. The Hall–Kier alpha value is -2.00. The van der Waals surface area contributed by atoms with Crippen molar-refractivity contribution in [3.8, 4) is 5.75 Å². The van der Waals surface area contributed by atoms with E-state index in [-0.39, 0.29) is 11.8 Å². The molecule has 0 bridgehead atoms. The molecule has 184 valence electrons. The topological polar surface area (TPSA) is 88.2 Å². The Bertz CT molecular complexity index is 1030. The number of aryl methyl sites for hydroxylation is 1. The van der Waals surface area contributed by atoms with Crippen LogP contribution in [0, 0.1) is 11.7 Å². The predicted molar refractivity (Wildman–Crippen MR) is 129 cm³/mol. The van der Waals surface area contributed by atoms with Crippen molar-refractivity contribution in [3.05, 3.63) is 46.3 Å². The summed E-state index contributed by atoms with van der Waals surface area (Å²) in [6, 6.07) is 4.38. The van der Waals surface area contributed by atoms with E-state index in [1.54, 1.807) is 12.1 Å². The fourth-order valence-corrected chi connectivity index (χ4v) is 6.89. The molecule has 0 amide bonds. The highest BCUT2D eigenvalue weighted by molar-refractivity contribution is 5.39. The number of hydrazine groups is 1. The maximum Gasteiger partial charge on any atom is 0.165 e. The molecule has 0 radical (unpaired) electrons. The number of benzene rings is 1. The number of hydrogen-bond donors (Lipinski definition) is 5. The lowest BCUT2D eigenvalue weighted by Crippen LogP contribution is -2.45. The van der Waals surface area contributed by atoms with Crippen molar-refractivity contribution in [2.24, 2.45) is 5.92 Å². The Morgan fingerprint density at radius 1 is 1.15 bits per heavy atom. The van der Waals surface area contributed by atoms with Gasteiger partial charge in [-0.05, 0) is 86.7 Å². The predicted octanol–water partition coefficient (Wildman–Crippen LogP) is 3.03. The summed E-state index contributed by atoms with van der Waals surface area (Å²) in [5, 5.41) is 13.3. The summed E-state index contributed by atoms with van der Waals surface area (Å²) in [6.45, 7) is 6.41. The normalized spacial score (nSPS) is 30.3. The van der Waals surface area contributed by atoms with Crippen LogP contribution in [0.3, 0.4) is 0 Å².